The summed E-state index contributed by atoms with van der Waals surface area (Å²) in [6, 6.07) is 4.90. The Morgan fingerprint density at radius 2 is 1.83 bits per heavy atom. The zero-order valence-electron chi connectivity index (χ0n) is 14.5. The van der Waals surface area contributed by atoms with E-state index in [-0.39, 0.29) is 26.9 Å². The van der Waals surface area contributed by atoms with Crippen LogP contribution in [-0.4, -0.2) is 32.6 Å². The molecule has 0 aliphatic rings. The molecule has 0 spiro atoms. The molecule has 23 heavy (non-hydrogen) atoms. The number of rotatable bonds is 9. The van der Waals surface area contributed by atoms with Crippen molar-refractivity contribution in [2.24, 2.45) is 10.9 Å². The number of hydrogen-bond acceptors (Lipinski definition) is 4. The van der Waals surface area contributed by atoms with Crippen molar-refractivity contribution < 1.29 is 43.0 Å². The topological polar surface area (TPSA) is 56.8 Å². The predicted molar refractivity (Wildman–Crippen MR) is 79.8 cm³/mol. The summed E-state index contributed by atoms with van der Waals surface area (Å²) >= 11 is 0. The quantitative estimate of drug-likeness (QED) is 0.308. The van der Waals surface area contributed by atoms with Gasteiger partial charge in [0, 0.05) is 20.3 Å². The molecule has 8 heteroatoms. The van der Waals surface area contributed by atoms with Gasteiger partial charge in [-0.2, -0.15) is 13.2 Å². The number of unbranched alkanes of at least 4 members (excludes halogenated alkanes) is 1. The van der Waals surface area contributed by atoms with E-state index in [0.717, 1.165) is 25.0 Å². The number of nitrogens with two attached hydrogens (primary N) is 1. The minimum Gasteiger partial charge on any atom is -1.00 e. The fraction of sp³-hybridized carbons (Fsp3) is 0.533. The van der Waals surface area contributed by atoms with Gasteiger partial charge in [0.25, 0.3) is 0 Å². The summed E-state index contributed by atoms with van der Waals surface area (Å²) in [5.74, 6) is 0. The molecular weight excluding hydrogens is 304 g/mol. The van der Waals surface area contributed by atoms with Crippen LogP contribution in [0.4, 0.5) is 13.2 Å². The summed E-state index contributed by atoms with van der Waals surface area (Å²) < 4.78 is 42.7. The fourth-order valence-electron chi connectivity index (χ4n) is 1.81. The molecule has 0 fully saturated rings. The van der Waals surface area contributed by atoms with E-state index in [4.69, 9.17) is 15.3 Å². The number of oxime groups is 1. The molecule has 1 rings (SSSR count). The van der Waals surface area contributed by atoms with Gasteiger partial charge < -0.3 is 16.7 Å². The standard InChI is InChI=1S/C15H21F3N2O2.Li.H/c1-21-10-3-2-4-14(20-22-11-9-19)12-5-7-13(8-6-12)15(16,17)18;;/h5-8H,2-4,9-11,19H2,1H3;;/q;+1;-1/b20-14+;;. The molecule has 4 nitrogen and oxygen atoms in total. The zero-order chi connectivity index (χ0) is 16.4. The van der Waals surface area contributed by atoms with E-state index in [1.165, 1.54) is 12.1 Å². The van der Waals surface area contributed by atoms with Crippen molar-refractivity contribution in [3.63, 3.8) is 0 Å². The Hall–Kier alpha value is -1.00. The molecule has 126 valence electrons. The van der Waals surface area contributed by atoms with Gasteiger partial charge >= 0.3 is 25.0 Å². The molecular formula is C15H22F3LiN2O2. The molecule has 0 aromatic heterocycles. The van der Waals surface area contributed by atoms with Gasteiger partial charge in [-0.1, -0.05) is 17.3 Å². The van der Waals surface area contributed by atoms with Crippen LogP contribution >= 0.6 is 0 Å². The van der Waals surface area contributed by atoms with E-state index in [9.17, 15) is 13.2 Å². The van der Waals surface area contributed by atoms with Crippen molar-refractivity contribution in [1.82, 2.24) is 0 Å². The number of methoxy groups -OCH3 is 1. The summed E-state index contributed by atoms with van der Waals surface area (Å²) in [6.07, 6.45) is -2.10. The largest absolute Gasteiger partial charge is 1.00 e. The second-order valence-corrected chi connectivity index (χ2v) is 4.68. The van der Waals surface area contributed by atoms with Gasteiger partial charge in [0.1, 0.15) is 6.61 Å². The van der Waals surface area contributed by atoms with Gasteiger partial charge in [-0.3, -0.25) is 0 Å². The Kier molecular flexibility index (Phi) is 11.0. The summed E-state index contributed by atoms with van der Waals surface area (Å²) in [7, 11) is 1.62. The van der Waals surface area contributed by atoms with Gasteiger partial charge in [0.05, 0.1) is 11.3 Å². The van der Waals surface area contributed by atoms with E-state index in [0.29, 0.717) is 30.8 Å². The van der Waals surface area contributed by atoms with Crippen molar-refractivity contribution in [3.8, 4) is 0 Å². The number of halogens is 3. The van der Waals surface area contributed by atoms with E-state index in [1.54, 1.807) is 7.11 Å². The molecule has 1 aromatic rings. The average Bonchev–Trinajstić information content (AvgIpc) is 2.49. The van der Waals surface area contributed by atoms with Crippen LogP contribution in [0.5, 0.6) is 0 Å². The van der Waals surface area contributed by atoms with E-state index in [1.807, 2.05) is 0 Å². The summed E-state index contributed by atoms with van der Waals surface area (Å²) in [5, 5.41) is 3.99. The van der Waals surface area contributed by atoms with Crippen LogP contribution < -0.4 is 24.6 Å². The van der Waals surface area contributed by atoms with Gasteiger partial charge in [-0.05, 0) is 37.0 Å². The first-order valence-electron chi connectivity index (χ1n) is 7.04. The molecule has 0 atom stereocenters. The van der Waals surface area contributed by atoms with Crippen molar-refractivity contribution in [3.05, 3.63) is 35.4 Å². The predicted octanol–water partition coefficient (Wildman–Crippen LogP) is 0.318. The molecule has 2 N–H and O–H groups in total. The Labute approximate surface area is 147 Å². The minimum atomic E-state index is -4.34. The molecule has 0 saturated heterocycles. The molecule has 1 aromatic carbocycles. The normalized spacial score (nSPS) is 12.0. The summed E-state index contributed by atoms with van der Waals surface area (Å²) in [5.41, 5.74) is 5.87. The third kappa shape index (κ3) is 8.42. The van der Waals surface area contributed by atoms with E-state index >= 15 is 0 Å². The third-order valence-corrected chi connectivity index (χ3v) is 2.94. The molecule has 0 amide bonds. The maximum atomic E-state index is 12.6. The maximum absolute atomic E-state index is 12.6. The molecule has 0 saturated carbocycles. The Morgan fingerprint density at radius 3 is 2.35 bits per heavy atom. The first-order valence-corrected chi connectivity index (χ1v) is 7.04. The SMILES string of the molecule is COCCCC/C(=N\OCCN)c1ccc(C(F)(F)F)cc1.[H-].[Li+]. The van der Waals surface area contributed by atoms with Crippen LogP contribution in [0, 0.1) is 0 Å². The number of benzene rings is 1. The third-order valence-electron chi connectivity index (χ3n) is 2.94. The van der Waals surface area contributed by atoms with E-state index in [2.05, 4.69) is 5.16 Å². The second kappa shape index (κ2) is 11.5. The number of nitrogens with zero attached hydrogens (tertiary/aromatic N) is 1. The van der Waals surface area contributed by atoms with Crippen LogP contribution in [0.1, 0.15) is 31.8 Å². The Balaban J connectivity index is 0. The van der Waals surface area contributed by atoms with E-state index < -0.39 is 11.7 Å². The molecule has 0 radical (unpaired) electrons. The first-order chi connectivity index (χ1) is 10.5. The van der Waals surface area contributed by atoms with Crippen LogP contribution in [0.25, 0.3) is 0 Å². The Morgan fingerprint density at radius 1 is 1.17 bits per heavy atom. The van der Waals surface area contributed by atoms with Gasteiger partial charge in [-0.25, -0.2) is 0 Å². The molecule has 0 heterocycles. The van der Waals surface area contributed by atoms with Gasteiger partial charge in [0.2, 0.25) is 0 Å². The minimum absolute atomic E-state index is 0. The average molecular weight is 326 g/mol. The second-order valence-electron chi connectivity index (χ2n) is 4.68. The Bertz CT molecular complexity index is 471. The molecule has 0 unspecified atom stereocenters. The maximum Gasteiger partial charge on any atom is 1.00 e. The molecule has 0 aliphatic heterocycles. The van der Waals surface area contributed by atoms with Crippen molar-refractivity contribution in [1.29, 1.82) is 0 Å². The zero-order valence-corrected chi connectivity index (χ0v) is 13.5. The van der Waals surface area contributed by atoms with Crippen LogP contribution in [-0.2, 0) is 15.8 Å². The molecule has 0 aliphatic carbocycles. The van der Waals surface area contributed by atoms with Crippen LogP contribution in [0.3, 0.4) is 0 Å². The number of ether oxygens (including phenoxy) is 1. The van der Waals surface area contributed by atoms with Crippen molar-refractivity contribution in [2.45, 2.75) is 25.4 Å². The van der Waals surface area contributed by atoms with Gasteiger partial charge in [-0.15, -0.1) is 0 Å². The fourth-order valence-corrected chi connectivity index (χ4v) is 1.81. The van der Waals surface area contributed by atoms with Crippen molar-refractivity contribution in [2.75, 3.05) is 26.9 Å². The van der Waals surface area contributed by atoms with Crippen LogP contribution in [0.15, 0.2) is 29.4 Å². The van der Waals surface area contributed by atoms with Crippen molar-refractivity contribution >= 4 is 5.71 Å². The van der Waals surface area contributed by atoms with Gasteiger partial charge in [0.15, 0.2) is 0 Å². The summed E-state index contributed by atoms with van der Waals surface area (Å²) in [4.78, 5) is 5.06. The smallest absolute Gasteiger partial charge is 1.00 e. The first kappa shape index (κ1) is 22.0. The number of hydrogen-bond donors (Lipinski definition) is 1. The van der Waals surface area contributed by atoms with Crippen LogP contribution in [0.2, 0.25) is 0 Å². The summed E-state index contributed by atoms with van der Waals surface area (Å²) in [6.45, 7) is 1.22. The molecule has 0 bridgehead atoms. The number of alkyl halides is 3. The monoisotopic (exact) mass is 326 g/mol.